The lowest BCUT2D eigenvalue weighted by Crippen LogP contribution is -2.31. The zero-order valence-corrected chi connectivity index (χ0v) is 11.9. The molecule has 2 heterocycles. The normalized spacial score (nSPS) is 18.7. The number of thiophene rings is 1. The number of likely N-dealkylation sites (tertiary alicyclic amines) is 1. The molecule has 96 valence electrons. The van der Waals surface area contributed by atoms with E-state index in [0.29, 0.717) is 0 Å². The smallest absolute Gasteiger partial charge is 0.0302 e. The molecule has 0 saturated carbocycles. The van der Waals surface area contributed by atoms with Crippen molar-refractivity contribution in [1.82, 2.24) is 10.2 Å². The molecule has 0 aliphatic carbocycles. The number of piperidine rings is 1. The van der Waals surface area contributed by atoms with Gasteiger partial charge in [0, 0.05) is 11.4 Å². The van der Waals surface area contributed by atoms with E-state index in [-0.39, 0.29) is 0 Å². The van der Waals surface area contributed by atoms with E-state index in [2.05, 4.69) is 35.6 Å². The summed E-state index contributed by atoms with van der Waals surface area (Å²) in [5.41, 5.74) is 1.43. The third kappa shape index (κ3) is 4.09. The van der Waals surface area contributed by atoms with Crippen molar-refractivity contribution in [2.75, 3.05) is 26.7 Å². The van der Waals surface area contributed by atoms with E-state index >= 15 is 0 Å². The average Bonchev–Trinajstić information content (AvgIpc) is 2.73. The number of aryl methyl sites for hydroxylation is 1. The number of rotatable bonds is 5. The number of hydrogen-bond donors (Lipinski definition) is 1. The van der Waals surface area contributed by atoms with Crippen LogP contribution in [0.4, 0.5) is 0 Å². The lowest BCUT2D eigenvalue weighted by Gasteiger charge is -2.28. The van der Waals surface area contributed by atoms with Gasteiger partial charge in [-0.25, -0.2) is 0 Å². The Labute approximate surface area is 109 Å². The van der Waals surface area contributed by atoms with Gasteiger partial charge in [-0.3, -0.25) is 0 Å². The molecule has 1 saturated heterocycles. The lowest BCUT2D eigenvalue weighted by atomic mass is 9.94. The fourth-order valence-electron chi connectivity index (χ4n) is 2.44. The topological polar surface area (TPSA) is 15.3 Å². The standard InChI is InChI=1S/C14H24N2S/c1-12-6-10-17-14(12)11-15-7-3-13-4-8-16(2)9-5-13/h6,10,13,15H,3-5,7-9,11H2,1-2H3. The zero-order chi connectivity index (χ0) is 12.1. The predicted octanol–water partition coefficient (Wildman–Crippen LogP) is 2.88. The molecule has 1 aliphatic heterocycles. The van der Waals surface area contributed by atoms with Gasteiger partial charge in [0.05, 0.1) is 0 Å². The summed E-state index contributed by atoms with van der Waals surface area (Å²) in [5.74, 6) is 0.947. The fraction of sp³-hybridized carbons (Fsp3) is 0.714. The highest BCUT2D eigenvalue weighted by molar-refractivity contribution is 7.10. The van der Waals surface area contributed by atoms with Crippen molar-refractivity contribution in [3.8, 4) is 0 Å². The predicted molar refractivity (Wildman–Crippen MR) is 75.6 cm³/mol. The number of nitrogens with one attached hydrogen (secondary N) is 1. The highest BCUT2D eigenvalue weighted by Crippen LogP contribution is 2.19. The molecule has 0 aromatic carbocycles. The Kier molecular flexibility index (Phi) is 5.01. The van der Waals surface area contributed by atoms with Crippen molar-refractivity contribution in [1.29, 1.82) is 0 Å². The second kappa shape index (κ2) is 6.53. The molecule has 3 heteroatoms. The van der Waals surface area contributed by atoms with Crippen molar-refractivity contribution in [3.05, 3.63) is 21.9 Å². The third-order valence-electron chi connectivity index (χ3n) is 3.82. The Morgan fingerprint density at radius 2 is 2.18 bits per heavy atom. The molecule has 1 N–H and O–H groups in total. The van der Waals surface area contributed by atoms with Crippen LogP contribution in [0.1, 0.15) is 29.7 Å². The van der Waals surface area contributed by atoms with E-state index < -0.39 is 0 Å². The summed E-state index contributed by atoms with van der Waals surface area (Å²) in [7, 11) is 2.23. The van der Waals surface area contributed by atoms with Crippen LogP contribution in [-0.4, -0.2) is 31.6 Å². The zero-order valence-electron chi connectivity index (χ0n) is 11.0. The van der Waals surface area contributed by atoms with Crippen LogP contribution in [0, 0.1) is 12.8 Å². The molecule has 0 unspecified atom stereocenters. The first-order chi connectivity index (χ1) is 8.25. The van der Waals surface area contributed by atoms with Crippen LogP contribution in [0.2, 0.25) is 0 Å². The third-order valence-corrected chi connectivity index (χ3v) is 4.84. The SMILES string of the molecule is Cc1ccsc1CNCCC1CCN(C)CC1. The first kappa shape index (κ1) is 13.1. The molecule has 1 aliphatic rings. The molecule has 1 aromatic rings. The molecule has 2 rings (SSSR count). The summed E-state index contributed by atoms with van der Waals surface area (Å²) in [6.45, 7) is 7.00. The van der Waals surface area contributed by atoms with Gasteiger partial charge in [0.1, 0.15) is 0 Å². The molecule has 17 heavy (non-hydrogen) atoms. The molecule has 1 aromatic heterocycles. The maximum absolute atomic E-state index is 3.58. The summed E-state index contributed by atoms with van der Waals surface area (Å²) in [6, 6.07) is 2.21. The summed E-state index contributed by atoms with van der Waals surface area (Å²) in [4.78, 5) is 3.94. The molecular formula is C14H24N2S. The van der Waals surface area contributed by atoms with Gasteiger partial charge in [-0.05, 0) is 75.8 Å². The average molecular weight is 252 g/mol. The highest BCUT2D eigenvalue weighted by atomic mass is 32.1. The first-order valence-electron chi connectivity index (χ1n) is 6.68. The summed E-state index contributed by atoms with van der Waals surface area (Å²) in [6.07, 6.45) is 4.12. The molecule has 0 bridgehead atoms. The van der Waals surface area contributed by atoms with Crippen LogP contribution in [0.15, 0.2) is 11.4 Å². The maximum atomic E-state index is 3.58. The van der Waals surface area contributed by atoms with E-state index in [1.54, 1.807) is 0 Å². The van der Waals surface area contributed by atoms with Crippen molar-refractivity contribution in [2.45, 2.75) is 32.7 Å². The van der Waals surface area contributed by atoms with Crippen LogP contribution in [0.5, 0.6) is 0 Å². The second-order valence-corrected chi connectivity index (χ2v) is 6.24. The van der Waals surface area contributed by atoms with E-state index in [9.17, 15) is 0 Å². The highest BCUT2D eigenvalue weighted by Gasteiger charge is 2.15. The van der Waals surface area contributed by atoms with Crippen molar-refractivity contribution < 1.29 is 0 Å². The summed E-state index contributed by atoms with van der Waals surface area (Å²) in [5, 5.41) is 5.77. The van der Waals surface area contributed by atoms with Gasteiger partial charge in [0.25, 0.3) is 0 Å². The van der Waals surface area contributed by atoms with Crippen LogP contribution < -0.4 is 5.32 Å². The minimum Gasteiger partial charge on any atom is -0.312 e. The van der Waals surface area contributed by atoms with E-state index in [1.165, 1.54) is 49.3 Å². The van der Waals surface area contributed by atoms with Gasteiger partial charge in [-0.1, -0.05) is 0 Å². The minimum atomic E-state index is 0.947. The van der Waals surface area contributed by atoms with E-state index in [1.807, 2.05) is 11.3 Å². The van der Waals surface area contributed by atoms with Crippen molar-refractivity contribution in [2.24, 2.45) is 5.92 Å². The largest absolute Gasteiger partial charge is 0.312 e. The van der Waals surface area contributed by atoms with Crippen LogP contribution in [0.25, 0.3) is 0 Å². The minimum absolute atomic E-state index is 0.947. The van der Waals surface area contributed by atoms with Crippen LogP contribution in [-0.2, 0) is 6.54 Å². The van der Waals surface area contributed by atoms with E-state index in [0.717, 1.165) is 12.5 Å². The van der Waals surface area contributed by atoms with Gasteiger partial charge in [0.15, 0.2) is 0 Å². The van der Waals surface area contributed by atoms with Crippen LogP contribution >= 0.6 is 11.3 Å². The van der Waals surface area contributed by atoms with Gasteiger partial charge < -0.3 is 10.2 Å². The molecule has 0 spiro atoms. The molecular weight excluding hydrogens is 228 g/mol. The number of hydrogen-bond acceptors (Lipinski definition) is 3. The van der Waals surface area contributed by atoms with Crippen molar-refractivity contribution >= 4 is 11.3 Å². The molecule has 2 nitrogen and oxygen atoms in total. The van der Waals surface area contributed by atoms with Gasteiger partial charge >= 0.3 is 0 Å². The monoisotopic (exact) mass is 252 g/mol. The molecule has 0 amide bonds. The molecule has 1 fully saturated rings. The lowest BCUT2D eigenvalue weighted by molar-refractivity contribution is 0.211. The molecule has 0 radical (unpaired) electrons. The van der Waals surface area contributed by atoms with Gasteiger partial charge in [0.2, 0.25) is 0 Å². The summed E-state index contributed by atoms with van der Waals surface area (Å²) < 4.78 is 0. The maximum Gasteiger partial charge on any atom is 0.0302 e. The number of nitrogens with zero attached hydrogens (tertiary/aromatic N) is 1. The Morgan fingerprint density at radius 3 is 2.82 bits per heavy atom. The Morgan fingerprint density at radius 1 is 1.41 bits per heavy atom. The summed E-state index contributed by atoms with van der Waals surface area (Å²) >= 11 is 1.87. The Hall–Kier alpha value is -0.380. The van der Waals surface area contributed by atoms with Gasteiger partial charge in [-0.15, -0.1) is 11.3 Å². The van der Waals surface area contributed by atoms with Crippen molar-refractivity contribution in [3.63, 3.8) is 0 Å². The molecule has 0 atom stereocenters. The van der Waals surface area contributed by atoms with Crippen LogP contribution in [0.3, 0.4) is 0 Å². The Balaban J connectivity index is 1.59. The second-order valence-electron chi connectivity index (χ2n) is 5.24. The fourth-order valence-corrected chi connectivity index (χ4v) is 3.32. The Bertz CT molecular complexity index is 327. The van der Waals surface area contributed by atoms with Gasteiger partial charge in [-0.2, -0.15) is 0 Å². The quantitative estimate of drug-likeness (QED) is 0.811. The first-order valence-corrected chi connectivity index (χ1v) is 7.56. The van der Waals surface area contributed by atoms with E-state index in [4.69, 9.17) is 0 Å².